The number of ether oxygens (including phenoxy) is 6. The van der Waals surface area contributed by atoms with E-state index in [1.165, 1.54) is 154 Å². The van der Waals surface area contributed by atoms with Gasteiger partial charge in [-0.2, -0.15) is 0 Å². The van der Waals surface area contributed by atoms with Gasteiger partial charge in [0, 0.05) is 35.5 Å². The molecule has 0 aromatic heterocycles. The fourth-order valence-electron chi connectivity index (χ4n) is 23.9. The van der Waals surface area contributed by atoms with Crippen LogP contribution in [-0.4, -0.2) is 69.4 Å². The SMILES string of the molecule is CCC(C)(C)C(=O)OC(C)(C)C1CC2CCC1C2.CCC(C)(C)C(=O)OC(C)(CC)C1CC2CCC1C2.CCC(C)(C)C(=O)OC(CC)(CC)C1CC2CCC1C2.CCC(C)C(=O)OC(C)(C)C1CC2CCC1C2.CCC(C)C(=O)OC(C)(CC)C1CC2CCC1C2.CCC(C)C(=O)OC(CC)(CC)C1CC2CCC1C2. The quantitative estimate of drug-likeness (QED) is 0.0496. The molecule has 0 radical (unpaired) electrons. The first-order valence-electron chi connectivity index (χ1n) is 47.3. The summed E-state index contributed by atoms with van der Waals surface area (Å²) < 4.78 is 35.9. The third-order valence-corrected chi connectivity index (χ3v) is 34.3. The molecule has 12 aliphatic carbocycles. The van der Waals surface area contributed by atoms with E-state index >= 15 is 0 Å². The number of hydrogen-bond acceptors (Lipinski definition) is 12. The molecular formula is C99H174O12. The summed E-state index contributed by atoms with van der Waals surface area (Å²) >= 11 is 0. The molecule has 12 bridgehead atoms. The van der Waals surface area contributed by atoms with Gasteiger partial charge in [-0.05, 0) is 347 Å². The molecule has 12 aliphatic rings. The second-order valence-electron chi connectivity index (χ2n) is 42.8. The number of hydrogen-bond donors (Lipinski definition) is 0. The van der Waals surface area contributed by atoms with Crippen molar-refractivity contribution >= 4 is 35.8 Å². The maximum Gasteiger partial charge on any atom is 0.312 e. The Balaban J connectivity index is 0.000000185. The van der Waals surface area contributed by atoms with Crippen molar-refractivity contribution in [3.8, 4) is 0 Å². The number of carbonyl (C=O) groups excluding carboxylic acids is 6. The maximum absolute atomic E-state index is 12.6. The van der Waals surface area contributed by atoms with Crippen molar-refractivity contribution in [3.05, 3.63) is 0 Å². The molecule has 12 fully saturated rings. The van der Waals surface area contributed by atoms with Crippen molar-refractivity contribution in [1.82, 2.24) is 0 Å². The minimum absolute atomic E-state index is 0.00428. The van der Waals surface area contributed by atoms with Crippen molar-refractivity contribution in [2.24, 2.45) is 141 Å². The molecule has 12 saturated carbocycles. The molecule has 642 valence electrons. The Morgan fingerprint density at radius 1 is 0.252 bits per heavy atom. The van der Waals surface area contributed by atoms with E-state index in [1.54, 1.807) is 0 Å². The highest BCUT2D eigenvalue weighted by Gasteiger charge is 2.57. The fraction of sp³-hybridized carbons (Fsp3) is 0.939. The van der Waals surface area contributed by atoms with Gasteiger partial charge < -0.3 is 28.4 Å². The Bertz CT molecular complexity index is 2970. The van der Waals surface area contributed by atoms with Crippen LogP contribution in [0.25, 0.3) is 0 Å². The molecule has 12 rings (SSSR count). The zero-order valence-corrected chi connectivity index (χ0v) is 77.0. The van der Waals surface area contributed by atoms with Crippen molar-refractivity contribution in [2.45, 2.75) is 452 Å². The van der Waals surface area contributed by atoms with Crippen molar-refractivity contribution < 1.29 is 57.2 Å². The molecule has 0 amide bonds. The summed E-state index contributed by atoms with van der Waals surface area (Å²) in [5.41, 5.74) is -2.47. The Hall–Kier alpha value is -3.18. The van der Waals surface area contributed by atoms with Gasteiger partial charge >= 0.3 is 35.8 Å². The van der Waals surface area contributed by atoms with Crippen LogP contribution in [-0.2, 0) is 57.2 Å². The van der Waals surface area contributed by atoms with Crippen molar-refractivity contribution in [1.29, 1.82) is 0 Å². The Kier molecular flexibility index (Phi) is 33.9. The Morgan fingerprint density at radius 2 is 0.486 bits per heavy atom. The first-order valence-corrected chi connectivity index (χ1v) is 47.3. The summed E-state index contributed by atoms with van der Waals surface area (Å²) in [5.74, 6) is 13.9. The molecule has 0 saturated heterocycles. The van der Waals surface area contributed by atoms with E-state index in [0.717, 1.165) is 148 Å². The first kappa shape index (κ1) is 95.0. The summed E-state index contributed by atoms with van der Waals surface area (Å²) in [7, 11) is 0. The van der Waals surface area contributed by atoms with Crippen LogP contribution in [0.15, 0.2) is 0 Å². The number of fused-ring (bicyclic) bond motifs is 12. The molecule has 0 N–H and O–H groups in total. The van der Waals surface area contributed by atoms with E-state index in [2.05, 4.69) is 104 Å². The molecule has 0 heterocycles. The molecular weight excluding hydrogens is 1380 g/mol. The predicted molar refractivity (Wildman–Crippen MR) is 453 cm³/mol. The van der Waals surface area contributed by atoms with Gasteiger partial charge in [0.1, 0.15) is 33.6 Å². The lowest BCUT2D eigenvalue weighted by Crippen LogP contribution is -2.46. The highest BCUT2D eigenvalue weighted by Crippen LogP contribution is 2.60. The van der Waals surface area contributed by atoms with E-state index < -0.39 is 0 Å². The minimum Gasteiger partial charge on any atom is -0.459 e. The van der Waals surface area contributed by atoms with E-state index in [-0.39, 0.29) is 103 Å². The summed E-state index contributed by atoms with van der Waals surface area (Å²) in [5, 5.41) is 0. The first-order chi connectivity index (χ1) is 52.0. The topological polar surface area (TPSA) is 158 Å². The number of carbonyl (C=O) groups is 6. The van der Waals surface area contributed by atoms with Crippen LogP contribution >= 0.6 is 0 Å². The van der Waals surface area contributed by atoms with E-state index in [1.807, 2.05) is 83.1 Å². The summed E-state index contributed by atoms with van der Waals surface area (Å²) in [6.07, 6.45) is 43.3. The molecule has 12 heteroatoms. The smallest absolute Gasteiger partial charge is 0.312 e. The molecule has 23 unspecified atom stereocenters. The minimum atomic E-state index is -0.354. The number of rotatable bonds is 30. The lowest BCUT2D eigenvalue weighted by molar-refractivity contribution is -0.182. The third-order valence-electron chi connectivity index (χ3n) is 34.3. The van der Waals surface area contributed by atoms with Crippen LogP contribution in [0.2, 0.25) is 0 Å². The standard InChI is InChI=1S/C18H32O2.2C17H30O2.2C16H28O2.C15H26O2/c1-6-17(4,5)16(19)20-18(7-2,8-3)15-12-13-9-10-14(15)11-13;1-6-16(3,4)15(18)19-17(5,7-2)14-11-12-8-9-13(14)10-12;1-5-12(4)16(18)19-17(6-2,7-3)15-11-13-8-9-14(15)10-13;1-6-15(2,3)14(17)18-16(4,5)13-10-11-7-8-12(13)9-11;1-5-11(3)15(17)18-16(4,6-2)14-10-12-7-8-13(14)9-12;1-5-10(2)14(16)17-15(3,4)13-9-11-6-7-12(13)8-11/h13-15H,6-12H2,1-5H3;12-14H,6-11H2,1-5H3;12-15H,5-11H2,1-4H3;11-13H,6-10H2,1-5H3;11-14H,5-10H2,1-4H3;10-13H,5-9H2,1-4H3. The van der Waals surface area contributed by atoms with Crippen molar-refractivity contribution in [3.63, 3.8) is 0 Å². The van der Waals surface area contributed by atoms with Gasteiger partial charge in [-0.15, -0.1) is 0 Å². The van der Waals surface area contributed by atoms with Gasteiger partial charge in [-0.1, -0.05) is 142 Å². The average Bonchev–Trinajstić information content (AvgIpc) is 1.67. The van der Waals surface area contributed by atoms with Gasteiger partial charge in [0.15, 0.2) is 0 Å². The van der Waals surface area contributed by atoms with Crippen LogP contribution < -0.4 is 0 Å². The second-order valence-corrected chi connectivity index (χ2v) is 42.8. The lowest BCUT2D eigenvalue weighted by Gasteiger charge is -2.43. The highest BCUT2D eigenvalue weighted by molar-refractivity contribution is 5.77. The van der Waals surface area contributed by atoms with Gasteiger partial charge in [0.2, 0.25) is 0 Å². The van der Waals surface area contributed by atoms with Crippen LogP contribution in [0.5, 0.6) is 0 Å². The van der Waals surface area contributed by atoms with Crippen LogP contribution in [0.4, 0.5) is 0 Å². The third kappa shape index (κ3) is 22.6. The van der Waals surface area contributed by atoms with E-state index in [0.29, 0.717) is 35.5 Å². The molecule has 0 aliphatic heterocycles. The summed E-state index contributed by atoms with van der Waals surface area (Å²) in [4.78, 5) is 73.5. The normalized spacial score (nSPS) is 32.5. The zero-order valence-electron chi connectivity index (χ0n) is 77.0. The predicted octanol–water partition coefficient (Wildman–Crippen LogP) is 26.3. The molecule has 12 nitrogen and oxygen atoms in total. The van der Waals surface area contributed by atoms with Crippen LogP contribution in [0.1, 0.15) is 418 Å². The molecule has 23 atom stereocenters. The van der Waals surface area contributed by atoms with Gasteiger partial charge in [0.05, 0.1) is 34.0 Å². The lowest BCUT2D eigenvalue weighted by atomic mass is 9.73. The Labute approximate surface area is 681 Å². The van der Waals surface area contributed by atoms with Gasteiger partial charge in [-0.3, -0.25) is 28.8 Å². The molecule has 111 heavy (non-hydrogen) atoms. The highest BCUT2D eigenvalue weighted by atomic mass is 16.6. The van der Waals surface area contributed by atoms with Gasteiger partial charge in [0.25, 0.3) is 0 Å². The second kappa shape index (κ2) is 39.6. The summed E-state index contributed by atoms with van der Waals surface area (Å²) in [6.45, 7) is 56.1. The fourth-order valence-corrected chi connectivity index (χ4v) is 23.9. The van der Waals surface area contributed by atoms with E-state index in [4.69, 9.17) is 28.4 Å². The largest absolute Gasteiger partial charge is 0.459 e. The van der Waals surface area contributed by atoms with Crippen LogP contribution in [0.3, 0.4) is 0 Å². The molecule has 0 spiro atoms. The molecule has 0 aromatic carbocycles. The Morgan fingerprint density at radius 3 is 0.739 bits per heavy atom. The van der Waals surface area contributed by atoms with Crippen LogP contribution in [0, 0.1) is 141 Å². The monoisotopic (exact) mass is 1560 g/mol. The zero-order chi connectivity index (χ0) is 82.8. The number of esters is 6. The van der Waals surface area contributed by atoms with Crippen molar-refractivity contribution in [2.75, 3.05) is 0 Å². The summed E-state index contributed by atoms with van der Waals surface area (Å²) in [6, 6.07) is 0. The van der Waals surface area contributed by atoms with Gasteiger partial charge in [-0.25, -0.2) is 0 Å². The van der Waals surface area contributed by atoms with E-state index in [9.17, 15) is 28.8 Å². The average molecular weight is 1560 g/mol. The molecule has 0 aromatic rings. The maximum atomic E-state index is 12.6.